The first-order valence-corrected chi connectivity index (χ1v) is 9.88. The van der Waals surface area contributed by atoms with Crippen molar-refractivity contribution >= 4 is 44.8 Å². The zero-order valence-corrected chi connectivity index (χ0v) is 17.3. The topological polar surface area (TPSA) is 43.4 Å². The van der Waals surface area contributed by atoms with Crippen LogP contribution in [0.25, 0.3) is 10.1 Å². The number of carbonyl (C=O) groups excluding carboxylic acids is 2. The molecule has 3 nitrogen and oxygen atoms in total. The highest BCUT2D eigenvalue weighted by Crippen LogP contribution is 2.36. The number of halogens is 1. The Hall–Kier alpha value is -2.17. The second kappa shape index (κ2) is 7.45. The highest BCUT2D eigenvalue weighted by Gasteiger charge is 2.21. The van der Waals surface area contributed by atoms with Gasteiger partial charge < -0.3 is 4.74 Å². The monoisotopic (exact) mass is 400 g/mol. The number of hydrogen-bond acceptors (Lipinski definition) is 4. The molecule has 0 spiro atoms. The van der Waals surface area contributed by atoms with Crippen molar-refractivity contribution in [3.63, 3.8) is 0 Å². The van der Waals surface area contributed by atoms with Crippen molar-refractivity contribution < 1.29 is 14.3 Å². The van der Waals surface area contributed by atoms with Gasteiger partial charge in [0.25, 0.3) is 0 Å². The Kier molecular flexibility index (Phi) is 5.41. The van der Waals surface area contributed by atoms with Gasteiger partial charge >= 0.3 is 5.97 Å². The minimum absolute atomic E-state index is 0.0503. The van der Waals surface area contributed by atoms with Crippen LogP contribution in [-0.4, -0.2) is 17.4 Å². The molecule has 0 aliphatic carbocycles. The number of thiophene rings is 1. The molecule has 0 saturated heterocycles. The van der Waals surface area contributed by atoms with Gasteiger partial charge in [-0.15, -0.1) is 11.3 Å². The molecule has 1 aromatic heterocycles. The fraction of sp³-hybridized carbons (Fsp3) is 0.273. The number of rotatable bonds is 4. The second-order valence-corrected chi connectivity index (χ2v) is 8.91. The van der Waals surface area contributed by atoms with Crippen molar-refractivity contribution in [2.75, 3.05) is 0 Å². The number of benzene rings is 2. The van der Waals surface area contributed by atoms with Crippen LogP contribution in [0.2, 0.25) is 5.02 Å². The minimum Gasteiger partial charge on any atom is -0.456 e. The summed E-state index contributed by atoms with van der Waals surface area (Å²) in [5.74, 6) is -0.443. The van der Waals surface area contributed by atoms with E-state index in [4.69, 9.17) is 16.3 Å². The zero-order valence-electron chi connectivity index (χ0n) is 15.8. The van der Waals surface area contributed by atoms with E-state index < -0.39 is 11.6 Å². The minimum atomic E-state index is -0.567. The summed E-state index contributed by atoms with van der Waals surface area (Å²) in [5, 5.41) is 1.40. The highest BCUT2D eigenvalue weighted by molar-refractivity contribution is 7.21. The zero-order chi connectivity index (χ0) is 19.8. The third-order valence-corrected chi connectivity index (χ3v) is 5.84. The van der Waals surface area contributed by atoms with E-state index in [1.165, 1.54) is 11.3 Å². The average Bonchev–Trinajstić information content (AvgIpc) is 2.92. The largest absolute Gasteiger partial charge is 0.456 e. The third kappa shape index (κ3) is 4.40. The number of aryl methyl sites for hydroxylation is 1. The van der Waals surface area contributed by atoms with Crippen LogP contribution >= 0.6 is 22.9 Å². The van der Waals surface area contributed by atoms with E-state index in [2.05, 4.69) is 0 Å². The maximum absolute atomic E-state index is 12.9. The fourth-order valence-electron chi connectivity index (χ4n) is 2.77. The van der Waals surface area contributed by atoms with Crippen LogP contribution in [0.3, 0.4) is 0 Å². The van der Waals surface area contributed by atoms with Gasteiger partial charge in [0.05, 0.1) is 15.5 Å². The van der Waals surface area contributed by atoms with Crippen molar-refractivity contribution in [3.05, 3.63) is 69.1 Å². The lowest BCUT2D eigenvalue weighted by Crippen LogP contribution is -2.24. The van der Waals surface area contributed by atoms with Crippen LogP contribution < -0.4 is 0 Å². The first-order chi connectivity index (χ1) is 12.7. The Morgan fingerprint density at radius 1 is 1.11 bits per heavy atom. The molecule has 3 rings (SSSR count). The number of ketones is 1. The van der Waals surface area contributed by atoms with Gasteiger partial charge in [0.15, 0.2) is 5.78 Å². The molecule has 0 N–H and O–H groups in total. The van der Waals surface area contributed by atoms with Gasteiger partial charge in [-0.25, -0.2) is 4.79 Å². The summed E-state index contributed by atoms with van der Waals surface area (Å²) in [7, 11) is 0. The number of carbonyl (C=O) groups is 2. The molecule has 0 radical (unpaired) electrons. The standard InChI is InChI=1S/C22H21ClO3S/c1-13-9-10-14(21(25)26-22(2,3)4)11-15(13)12-17(24)20-19(23)16-7-5-6-8-18(16)27-20/h5-11H,12H2,1-4H3. The first-order valence-electron chi connectivity index (χ1n) is 8.69. The molecule has 0 bridgehead atoms. The van der Waals surface area contributed by atoms with Gasteiger partial charge in [-0.1, -0.05) is 35.9 Å². The molecule has 27 heavy (non-hydrogen) atoms. The molecular formula is C22H21ClO3S. The van der Waals surface area contributed by atoms with Crippen molar-refractivity contribution in [1.29, 1.82) is 0 Å². The maximum Gasteiger partial charge on any atom is 0.338 e. The maximum atomic E-state index is 12.9. The van der Waals surface area contributed by atoms with Gasteiger partial charge in [-0.2, -0.15) is 0 Å². The molecule has 0 unspecified atom stereocenters. The highest BCUT2D eigenvalue weighted by atomic mass is 35.5. The summed E-state index contributed by atoms with van der Waals surface area (Å²) in [6, 6.07) is 13.0. The van der Waals surface area contributed by atoms with Crippen LogP contribution in [-0.2, 0) is 11.2 Å². The quantitative estimate of drug-likeness (QED) is 0.384. The number of fused-ring (bicyclic) bond motifs is 1. The van der Waals surface area contributed by atoms with Gasteiger partial charge in [0, 0.05) is 16.5 Å². The number of esters is 1. The van der Waals surface area contributed by atoms with Crippen LogP contribution in [0.15, 0.2) is 42.5 Å². The average molecular weight is 401 g/mol. The smallest absolute Gasteiger partial charge is 0.338 e. The Morgan fingerprint density at radius 3 is 2.48 bits per heavy atom. The van der Waals surface area contributed by atoms with E-state index in [1.807, 2.05) is 58.0 Å². The lowest BCUT2D eigenvalue weighted by molar-refractivity contribution is 0.00692. The molecule has 0 amide bonds. The van der Waals surface area contributed by atoms with Gasteiger partial charge in [0.2, 0.25) is 0 Å². The molecule has 140 valence electrons. The molecule has 2 aromatic carbocycles. The molecule has 0 saturated carbocycles. The molecule has 5 heteroatoms. The van der Waals surface area contributed by atoms with Crippen LogP contribution in [0.5, 0.6) is 0 Å². The van der Waals surface area contributed by atoms with Crippen molar-refractivity contribution in [2.24, 2.45) is 0 Å². The molecule has 0 atom stereocenters. The van der Waals surface area contributed by atoms with Crippen molar-refractivity contribution in [3.8, 4) is 0 Å². The van der Waals surface area contributed by atoms with Gasteiger partial charge in [-0.3, -0.25) is 4.79 Å². The summed E-state index contributed by atoms with van der Waals surface area (Å²) < 4.78 is 6.42. The Morgan fingerprint density at radius 2 is 1.81 bits per heavy atom. The number of Topliss-reactive ketones (excluding diaryl/α,β-unsaturated/α-hetero) is 1. The molecule has 1 heterocycles. The summed E-state index contributed by atoms with van der Waals surface area (Å²) in [6.45, 7) is 7.40. The molecule has 0 fully saturated rings. The first kappa shape index (κ1) is 19.6. The molecular weight excluding hydrogens is 380 g/mol. The van der Waals surface area contributed by atoms with Crippen molar-refractivity contribution in [1.82, 2.24) is 0 Å². The number of hydrogen-bond donors (Lipinski definition) is 0. The Balaban J connectivity index is 1.88. The Bertz CT molecular complexity index is 1030. The molecule has 0 aliphatic rings. The summed E-state index contributed by atoms with van der Waals surface area (Å²) in [4.78, 5) is 25.8. The van der Waals surface area contributed by atoms with E-state index in [-0.39, 0.29) is 12.2 Å². The lowest BCUT2D eigenvalue weighted by atomic mass is 9.99. The van der Waals surface area contributed by atoms with Crippen molar-refractivity contribution in [2.45, 2.75) is 39.7 Å². The normalized spacial score (nSPS) is 11.6. The predicted molar refractivity (Wildman–Crippen MR) is 111 cm³/mol. The third-order valence-electron chi connectivity index (χ3n) is 4.12. The van der Waals surface area contributed by atoms with Crippen LogP contribution in [0.1, 0.15) is 51.9 Å². The second-order valence-electron chi connectivity index (χ2n) is 7.48. The molecule has 0 aliphatic heterocycles. The summed E-state index contributed by atoms with van der Waals surface area (Å²) in [5.41, 5.74) is 1.63. The van der Waals surface area contributed by atoms with Crippen LogP contribution in [0, 0.1) is 6.92 Å². The lowest BCUT2D eigenvalue weighted by Gasteiger charge is -2.19. The van der Waals surface area contributed by atoms with E-state index in [0.29, 0.717) is 15.5 Å². The van der Waals surface area contributed by atoms with Gasteiger partial charge in [0.1, 0.15) is 5.60 Å². The van der Waals surface area contributed by atoms with Gasteiger partial charge in [-0.05, 0) is 57.0 Å². The fourth-order valence-corrected chi connectivity index (χ4v) is 4.25. The van der Waals surface area contributed by atoms with E-state index >= 15 is 0 Å². The van der Waals surface area contributed by atoms with E-state index in [9.17, 15) is 9.59 Å². The molecule has 3 aromatic rings. The Labute approximate surface area is 167 Å². The summed E-state index contributed by atoms with van der Waals surface area (Å²) in [6.07, 6.45) is 0.189. The number of ether oxygens (including phenoxy) is 1. The SMILES string of the molecule is Cc1ccc(C(=O)OC(C)(C)C)cc1CC(=O)c1sc2ccccc2c1Cl. The van der Waals surface area contributed by atoms with E-state index in [0.717, 1.165) is 21.2 Å². The van der Waals surface area contributed by atoms with Crippen LogP contribution in [0.4, 0.5) is 0 Å². The van der Waals surface area contributed by atoms with E-state index in [1.54, 1.807) is 12.1 Å². The summed E-state index contributed by atoms with van der Waals surface area (Å²) >= 11 is 7.83. The predicted octanol–water partition coefficient (Wildman–Crippen LogP) is 6.24.